The molecule has 1 aromatic rings. The van der Waals surface area contributed by atoms with E-state index in [1.54, 1.807) is 0 Å². The van der Waals surface area contributed by atoms with Gasteiger partial charge in [-0.25, -0.2) is 4.79 Å². The van der Waals surface area contributed by atoms with Crippen molar-refractivity contribution in [3.05, 3.63) is 35.4 Å². The number of hydrogen-bond donors (Lipinski definition) is 2. The van der Waals surface area contributed by atoms with Crippen LogP contribution in [0.3, 0.4) is 0 Å². The van der Waals surface area contributed by atoms with Crippen LogP contribution < -0.4 is 11.1 Å². The van der Waals surface area contributed by atoms with Crippen LogP contribution in [0.2, 0.25) is 0 Å². The minimum Gasteiger partial charge on any atom is -0.352 e. The second-order valence-corrected chi connectivity index (χ2v) is 8.25. The van der Waals surface area contributed by atoms with Crippen molar-refractivity contribution in [2.45, 2.75) is 44.7 Å². The molecule has 25 heavy (non-hydrogen) atoms. The molecule has 0 aromatic heterocycles. The van der Waals surface area contributed by atoms with E-state index in [2.05, 4.69) is 5.32 Å². The number of amides is 3. The molecule has 3 N–H and O–H groups in total. The number of rotatable bonds is 4. The summed E-state index contributed by atoms with van der Waals surface area (Å²) in [5.74, 6) is 3.35. The Balaban J connectivity index is 1.44. The maximum atomic E-state index is 13.0. The lowest BCUT2D eigenvalue weighted by molar-refractivity contribution is -0.0491. The van der Waals surface area contributed by atoms with Gasteiger partial charge in [-0.05, 0) is 73.5 Å². The van der Waals surface area contributed by atoms with E-state index in [9.17, 15) is 9.59 Å². The fourth-order valence-electron chi connectivity index (χ4n) is 5.82. The molecule has 0 radical (unpaired) electrons. The van der Waals surface area contributed by atoms with Crippen LogP contribution in [-0.2, 0) is 6.54 Å². The van der Waals surface area contributed by atoms with Crippen LogP contribution in [0.1, 0.15) is 48.0 Å². The van der Waals surface area contributed by atoms with Crippen molar-refractivity contribution >= 4 is 11.9 Å². The molecule has 5 heteroatoms. The van der Waals surface area contributed by atoms with E-state index in [0.29, 0.717) is 24.4 Å². The van der Waals surface area contributed by atoms with Crippen molar-refractivity contribution in [2.75, 3.05) is 7.05 Å². The summed E-state index contributed by atoms with van der Waals surface area (Å²) in [7, 11) is 1.98. The van der Waals surface area contributed by atoms with Gasteiger partial charge in [-0.2, -0.15) is 0 Å². The highest BCUT2D eigenvalue weighted by Crippen LogP contribution is 2.55. The van der Waals surface area contributed by atoms with Crippen molar-refractivity contribution in [3.63, 3.8) is 0 Å². The summed E-state index contributed by atoms with van der Waals surface area (Å²) in [4.78, 5) is 25.8. The lowest BCUT2D eigenvalue weighted by Gasteiger charge is -2.56. The minimum atomic E-state index is -0.540. The fourth-order valence-corrected chi connectivity index (χ4v) is 5.82. The van der Waals surface area contributed by atoms with Gasteiger partial charge in [0.1, 0.15) is 0 Å². The van der Waals surface area contributed by atoms with E-state index >= 15 is 0 Å². The Kier molecular flexibility index (Phi) is 4.18. The fraction of sp³-hybridized carbons (Fsp3) is 0.600. The second-order valence-electron chi connectivity index (χ2n) is 8.25. The normalized spacial score (nSPS) is 32.4. The number of carbonyl (C=O) groups excluding carboxylic acids is 2. The summed E-state index contributed by atoms with van der Waals surface area (Å²) in [6.45, 7) is 0.384. The Morgan fingerprint density at radius 3 is 2.12 bits per heavy atom. The summed E-state index contributed by atoms with van der Waals surface area (Å²) in [6, 6.07) is 7.35. The molecular formula is C20H27N3O2. The molecule has 0 aliphatic heterocycles. The van der Waals surface area contributed by atoms with Crippen LogP contribution in [0.25, 0.3) is 0 Å². The van der Waals surface area contributed by atoms with Gasteiger partial charge in [0.05, 0.1) is 0 Å². The van der Waals surface area contributed by atoms with Crippen LogP contribution in [0.15, 0.2) is 24.3 Å². The molecule has 4 saturated carbocycles. The van der Waals surface area contributed by atoms with Crippen LogP contribution in [0, 0.1) is 23.7 Å². The third-order valence-corrected chi connectivity index (χ3v) is 6.61. The monoisotopic (exact) mass is 341 g/mol. The molecule has 3 amide bonds. The average molecular weight is 341 g/mol. The van der Waals surface area contributed by atoms with Gasteiger partial charge in [-0.3, -0.25) is 4.79 Å². The van der Waals surface area contributed by atoms with Crippen LogP contribution in [-0.4, -0.2) is 29.9 Å². The molecule has 4 bridgehead atoms. The Hall–Kier alpha value is -2.04. The lowest BCUT2D eigenvalue weighted by Crippen LogP contribution is -2.56. The van der Waals surface area contributed by atoms with Gasteiger partial charge in [-0.1, -0.05) is 12.1 Å². The van der Waals surface area contributed by atoms with Crippen molar-refractivity contribution < 1.29 is 9.59 Å². The Labute approximate surface area is 148 Å². The summed E-state index contributed by atoms with van der Waals surface area (Å²) >= 11 is 0. The first kappa shape index (κ1) is 16.4. The van der Waals surface area contributed by atoms with E-state index in [4.69, 9.17) is 5.73 Å². The third kappa shape index (κ3) is 3.12. The number of hydrogen-bond acceptors (Lipinski definition) is 2. The predicted molar refractivity (Wildman–Crippen MR) is 95.8 cm³/mol. The van der Waals surface area contributed by atoms with Crippen LogP contribution in [0.5, 0.6) is 0 Å². The topological polar surface area (TPSA) is 75.4 Å². The summed E-state index contributed by atoms with van der Waals surface area (Å²) in [5.41, 5.74) is 6.75. The van der Waals surface area contributed by atoms with Gasteiger partial charge in [0.15, 0.2) is 0 Å². The number of nitrogens with one attached hydrogen (secondary N) is 1. The van der Waals surface area contributed by atoms with Crippen LogP contribution in [0.4, 0.5) is 4.79 Å². The molecule has 5 rings (SSSR count). The van der Waals surface area contributed by atoms with Crippen molar-refractivity contribution in [1.29, 1.82) is 0 Å². The summed E-state index contributed by atoms with van der Waals surface area (Å²) in [5, 5.41) is 2.56. The zero-order valence-electron chi connectivity index (χ0n) is 14.8. The molecule has 134 valence electrons. The Bertz CT molecular complexity index is 642. The largest absolute Gasteiger partial charge is 0.352 e. The molecule has 0 unspecified atom stereocenters. The zero-order valence-corrected chi connectivity index (χ0v) is 14.8. The van der Waals surface area contributed by atoms with Crippen molar-refractivity contribution in [2.24, 2.45) is 29.4 Å². The highest BCUT2D eigenvalue weighted by molar-refractivity contribution is 5.94. The van der Waals surface area contributed by atoms with Gasteiger partial charge in [0, 0.05) is 25.2 Å². The van der Waals surface area contributed by atoms with Crippen LogP contribution >= 0.6 is 0 Å². The van der Waals surface area contributed by atoms with Gasteiger partial charge in [0.2, 0.25) is 0 Å². The summed E-state index contributed by atoms with van der Waals surface area (Å²) < 4.78 is 0. The molecule has 0 spiro atoms. The van der Waals surface area contributed by atoms with Gasteiger partial charge in [0.25, 0.3) is 5.91 Å². The highest BCUT2D eigenvalue weighted by atomic mass is 16.2. The SMILES string of the molecule is CN(C(=O)c1ccc(CNC(N)=O)cc1)C1C2CC3CC(C2)CC1C3. The van der Waals surface area contributed by atoms with E-state index in [-0.39, 0.29) is 5.91 Å². The second kappa shape index (κ2) is 6.36. The minimum absolute atomic E-state index is 0.117. The molecule has 0 atom stereocenters. The van der Waals surface area contributed by atoms with Gasteiger partial charge >= 0.3 is 6.03 Å². The predicted octanol–water partition coefficient (Wildman–Crippen LogP) is 2.75. The number of benzene rings is 1. The van der Waals surface area contributed by atoms with E-state index in [1.807, 2.05) is 36.2 Å². The molecular weight excluding hydrogens is 314 g/mol. The third-order valence-electron chi connectivity index (χ3n) is 6.61. The molecule has 0 saturated heterocycles. The molecule has 1 aromatic carbocycles. The smallest absolute Gasteiger partial charge is 0.312 e. The van der Waals surface area contributed by atoms with E-state index in [1.165, 1.54) is 32.1 Å². The maximum absolute atomic E-state index is 13.0. The lowest BCUT2D eigenvalue weighted by atomic mass is 9.54. The Morgan fingerprint density at radius 1 is 1.04 bits per heavy atom. The molecule has 4 aliphatic carbocycles. The maximum Gasteiger partial charge on any atom is 0.312 e. The van der Waals surface area contributed by atoms with Gasteiger partial charge in [-0.15, -0.1) is 0 Å². The van der Waals surface area contributed by atoms with E-state index in [0.717, 1.165) is 23.0 Å². The van der Waals surface area contributed by atoms with Gasteiger partial charge < -0.3 is 16.0 Å². The number of primary amides is 1. The zero-order chi connectivity index (χ0) is 17.6. The number of urea groups is 1. The first-order valence-corrected chi connectivity index (χ1v) is 9.40. The van der Waals surface area contributed by atoms with E-state index < -0.39 is 6.03 Å². The van der Waals surface area contributed by atoms with Crippen molar-refractivity contribution in [1.82, 2.24) is 10.2 Å². The number of carbonyl (C=O) groups is 2. The Morgan fingerprint density at radius 2 is 1.60 bits per heavy atom. The number of nitrogens with two attached hydrogens (primary N) is 1. The summed E-state index contributed by atoms with van der Waals surface area (Å²) in [6.07, 6.45) is 6.68. The molecule has 5 nitrogen and oxygen atoms in total. The average Bonchev–Trinajstić information content (AvgIpc) is 2.58. The standard InChI is InChI=1S/C20H27N3O2/c1-23(18-16-7-13-6-14(9-16)10-17(18)8-13)19(24)15-4-2-12(3-5-15)11-22-20(21)25/h2-5,13-14,16-18H,6-11H2,1H3,(H3,21,22,25). The van der Waals surface area contributed by atoms with Crippen molar-refractivity contribution in [3.8, 4) is 0 Å². The molecule has 4 aliphatic rings. The molecule has 4 fully saturated rings. The highest BCUT2D eigenvalue weighted by Gasteiger charge is 2.50. The first-order valence-electron chi connectivity index (χ1n) is 9.40. The number of nitrogens with zero attached hydrogens (tertiary/aromatic N) is 1. The molecule has 0 heterocycles. The first-order chi connectivity index (χ1) is 12.0. The quantitative estimate of drug-likeness (QED) is 0.883.